The number of pyridine rings is 1. The molecule has 1 amide bonds. The average molecular weight is 419 g/mol. The van der Waals surface area contributed by atoms with Crippen LogP contribution >= 0.6 is 0 Å². The van der Waals surface area contributed by atoms with E-state index in [1.165, 1.54) is 0 Å². The molecule has 0 atom stereocenters. The third-order valence-corrected chi connectivity index (χ3v) is 5.28. The van der Waals surface area contributed by atoms with Gasteiger partial charge in [0, 0.05) is 16.8 Å². The molecule has 3 rings (SSSR count). The van der Waals surface area contributed by atoms with E-state index in [4.69, 9.17) is 4.74 Å². The number of carbonyl (C=O) groups excluding carboxylic acids is 2. The fraction of sp³-hybridized carbons (Fsp3) is 0.346. The lowest BCUT2D eigenvalue weighted by atomic mass is 9.92. The Hall–Kier alpha value is -3.21. The summed E-state index contributed by atoms with van der Waals surface area (Å²) in [7, 11) is 0. The number of hydrogen-bond acceptors (Lipinski definition) is 4. The molecular weight excluding hydrogens is 388 g/mol. The first-order chi connectivity index (χ1) is 14.7. The van der Waals surface area contributed by atoms with Gasteiger partial charge >= 0.3 is 5.97 Å². The maximum Gasteiger partial charge on any atom is 0.339 e. The summed E-state index contributed by atoms with van der Waals surface area (Å²) in [5.41, 5.74) is 5.85. The number of rotatable bonds is 6. The van der Waals surface area contributed by atoms with Crippen molar-refractivity contribution in [3.63, 3.8) is 0 Å². The summed E-state index contributed by atoms with van der Waals surface area (Å²) >= 11 is 0. The predicted octanol–water partition coefficient (Wildman–Crippen LogP) is 5.89. The van der Waals surface area contributed by atoms with Gasteiger partial charge in [0.15, 0.2) is 6.61 Å². The van der Waals surface area contributed by atoms with Gasteiger partial charge in [-0.1, -0.05) is 57.5 Å². The van der Waals surface area contributed by atoms with Gasteiger partial charge in [-0.05, 0) is 55.0 Å². The normalized spacial score (nSPS) is 11.2. The number of carbonyl (C=O) groups is 2. The molecule has 1 N–H and O–H groups in total. The zero-order valence-electron chi connectivity index (χ0n) is 19.1. The van der Waals surface area contributed by atoms with Gasteiger partial charge in [0.1, 0.15) is 0 Å². The number of fused-ring (bicyclic) bond motifs is 1. The molecule has 0 saturated carbocycles. The van der Waals surface area contributed by atoms with Crippen molar-refractivity contribution < 1.29 is 14.3 Å². The molecule has 0 aliphatic heterocycles. The predicted molar refractivity (Wildman–Crippen MR) is 125 cm³/mol. The van der Waals surface area contributed by atoms with Crippen LogP contribution in [0.5, 0.6) is 0 Å². The second-order valence-corrected chi connectivity index (χ2v) is 8.58. The summed E-state index contributed by atoms with van der Waals surface area (Å²) in [5, 5.41) is 3.70. The summed E-state index contributed by atoms with van der Waals surface area (Å²) < 4.78 is 5.39. The second-order valence-electron chi connectivity index (χ2n) is 8.58. The molecule has 0 fully saturated rings. The van der Waals surface area contributed by atoms with Crippen molar-refractivity contribution in [3.05, 3.63) is 70.4 Å². The molecule has 5 heteroatoms. The van der Waals surface area contributed by atoms with Crippen LogP contribution in [-0.2, 0) is 9.53 Å². The number of hydrogen-bond donors (Lipinski definition) is 1. The molecule has 0 aliphatic rings. The van der Waals surface area contributed by atoms with E-state index in [-0.39, 0.29) is 24.3 Å². The minimum atomic E-state index is -0.530. The second kappa shape index (κ2) is 9.29. The molecule has 3 aromatic rings. The van der Waals surface area contributed by atoms with Crippen LogP contribution in [0, 0.1) is 13.8 Å². The number of benzene rings is 2. The molecule has 0 radical (unpaired) electrons. The van der Waals surface area contributed by atoms with E-state index in [1.54, 1.807) is 6.07 Å². The van der Waals surface area contributed by atoms with E-state index in [1.807, 2.05) is 50.2 Å². The topological polar surface area (TPSA) is 68.3 Å². The maximum atomic E-state index is 12.8. The van der Waals surface area contributed by atoms with Crippen molar-refractivity contribution in [3.8, 4) is 0 Å². The molecule has 1 heterocycles. The van der Waals surface area contributed by atoms with Crippen LogP contribution in [0.1, 0.15) is 72.3 Å². The van der Waals surface area contributed by atoms with Crippen LogP contribution in [0.3, 0.4) is 0 Å². The van der Waals surface area contributed by atoms with Gasteiger partial charge in [0.05, 0.1) is 11.1 Å². The van der Waals surface area contributed by atoms with E-state index in [0.29, 0.717) is 5.56 Å². The lowest BCUT2D eigenvalue weighted by Gasteiger charge is -2.20. The summed E-state index contributed by atoms with van der Waals surface area (Å²) in [5.74, 6) is -0.371. The van der Waals surface area contributed by atoms with Gasteiger partial charge in [-0.3, -0.25) is 9.78 Å². The third kappa shape index (κ3) is 5.10. The molecule has 162 valence electrons. The van der Waals surface area contributed by atoms with Crippen LogP contribution < -0.4 is 5.32 Å². The van der Waals surface area contributed by atoms with E-state index in [0.717, 1.165) is 39.0 Å². The number of anilines is 1. The van der Waals surface area contributed by atoms with E-state index >= 15 is 0 Å². The Bertz CT molecular complexity index is 1110. The summed E-state index contributed by atoms with van der Waals surface area (Å²) in [6.45, 7) is 11.8. The number of nitrogens with zero attached hydrogens (tertiary/aromatic N) is 1. The van der Waals surface area contributed by atoms with Gasteiger partial charge < -0.3 is 10.1 Å². The lowest BCUT2D eigenvalue weighted by molar-refractivity contribution is -0.119. The zero-order chi connectivity index (χ0) is 22.7. The number of amides is 1. The van der Waals surface area contributed by atoms with Crippen molar-refractivity contribution in [1.82, 2.24) is 4.98 Å². The van der Waals surface area contributed by atoms with Gasteiger partial charge in [0.25, 0.3) is 5.91 Å². The quantitative estimate of drug-likeness (QED) is 0.507. The molecule has 0 saturated heterocycles. The number of esters is 1. The number of nitrogens with one attached hydrogen (secondary N) is 1. The molecule has 0 aliphatic carbocycles. The summed E-state index contributed by atoms with van der Waals surface area (Å²) in [4.78, 5) is 30.0. The SMILES string of the molecule is Cc1ccc2nc(C)cc(C(=O)OCC(=O)Nc3c(C(C)C)cccc3C(C)C)c2c1. The van der Waals surface area contributed by atoms with Crippen molar-refractivity contribution in [2.75, 3.05) is 11.9 Å². The highest BCUT2D eigenvalue weighted by Crippen LogP contribution is 2.32. The molecule has 0 bridgehead atoms. The van der Waals surface area contributed by atoms with Crippen LogP contribution in [-0.4, -0.2) is 23.5 Å². The smallest absolute Gasteiger partial charge is 0.339 e. The Kier molecular flexibility index (Phi) is 6.74. The molecule has 1 aromatic heterocycles. The van der Waals surface area contributed by atoms with E-state index < -0.39 is 5.97 Å². The maximum absolute atomic E-state index is 12.8. The Morgan fingerprint density at radius 3 is 2.23 bits per heavy atom. The Morgan fingerprint density at radius 1 is 0.968 bits per heavy atom. The Labute approximate surface area is 183 Å². The van der Waals surface area contributed by atoms with Crippen molar-refractivity contribution >= 4 is 28.5 Å². The zero-order valence-corrected chi connectivity index (χ0v) is 19.1. The molecule has 5 nitrogen and oxygen atoms in total. The Balaban J connectivity index is 1.79. The van der Waals surface area contributed by atoms with Crippen LogP contribution in [0.25, 0.3) is 10.9 Å². The average Bonchev–Trinajstić information content (AvgIpc) is 2.71. The first kappa shape index (κ1) is 22.5. The van der Waals surface area contributed by atoms with Gasteiger partial charge in [0.2, 0.25) is 0 Å². The van der Waals surface area contributed by atoms with Gasteiger partial charge in [-0.2, -0.15) is 0 Å². The van der Waals surface area contributed by atoms with Crippen LogP contribution in [0.2, 0.25) is 0 Å². The number of aryl methyl sites for hydroxylation is 2. The summed E-state index contributed by atoms with van der Waals surface area (Å²) in [6.07, 6.45) is 0. The van der Waals surface area contributed by atoms with Gasteiger partial charge in [-0.15, -0.1) is 0 Å². The summed E-state index contributed by atoms with van der Waals surface area (Å²) in [6, 6.07) is 13.5. The van der Waals surface area contributed by atoms with Crippen molar-refractivity contribution in [2.45, 2.75) is 53.4 Å². The highest BCUT2D eigenvalue weighted by Gasteiger charge is 2.18. The monoisotopic (exact) mass is 418 g/mol. The van der Waals surface area contributed by atoms with Crippen LogP contribution in [0.15, 0.2) is 42.5 Å². The van der Waals surface area contributed by atoms with E-state index in [9.17, 15) is 9.59 Å². The first-order valence-corrected chi connectivity index (χ1v) is 10.6. The third-order valence-electron chi connectivity index (χ3n) is 5.28. The highest BCUT2D eigenvalue weighted by atomic mass is 16.5. The van der Waals surface area contributed by atoms with Gasteiger partial charge in [-0.25, -0.2) is 4.79 Å². The highest BCUT2D eigenvalue weighted by molar-refractivity contribution is 6.04. The number of para-hydroxylation sites is 1. The van der Waals surface area contributed by atoms with Crippen molar-refractivity contribution in [1.29, 1.82) is 0 Å². The van der Waals surface area contributed by atoms with Crippen molar-refractivity contribution in [2.24, 2.45) is 0 Å². The Morgan fingerprint density at radius 2 is 1.61 bits per heavy atom. The minimum Gasteiger partial charge on any atom is -0.452 e. The largest absolute Gasteiger partial charge is 0.452 e. The van der Waals surface area contributed by atoms with Crippen LogP contribution in [0.4, 0.5) is 5.69 Å². The number of aromatic nitrogens is 1. The first-order valence-electron chi connectivity index (χ1n) is 10.6. The lowest BCUT2D eigenvalue weighted by Crippen LogP contribution is -2.23. The fourth-order valence-electron chi connectivity index (χ4n) is 3.72. The molecular formula is C26H30N2O3. The molecule has 0 spiro atoms. The molecule has 0 unspecified atom stereocenters. The fourth-order valence-corrected chi connectivity index (χ4v) is 3.72. The minimum absolute atomic E-state index is 0.256. The standard InChI is InChI=1S/C26H30N2O3/c1-15(2)19-8-7-9-20(16(3)4)25(19)28-24(29)14-31-26(30)22-13-18(6)27-23-11-10-17(5)12-21(22)23/h7-13,15-16H,14H2,1-6H3,(H,28,29). The molecule has 31 heavy (non-hydrogen) atoms. The van der Waals surface area contributed by atoms with E-state index in [2.05, 4.69) is 38.0 Å². The molecule has 2 aromatic carbocycles. The number of ether oxygens (including phenoxy) is 1.